The van der Waals surface area contributed by atoms with E-state index < -0.39 is 0 Å². The molecule has 1 aliphatic rings. The van der Waals surface area contributed by atoms with Crippen LogP contribution in [-0.2, 0) is 6.54 Å². The Labute approximate surface area is 145 Å². The van der Waals surface area contributed by atoms with Crippen molar-refractivity contribution in [2.75, 3.05) is 20.2 Å². The van der Waals surface area contributed by atoms with Gasteiger partial charge < -0.3 is 20.1 Å². The van der Waals surface area contributed by atoms with Crippen LogP contribution in [0.15, 0.2) is 18.2 Å². The average Bonchev–Trinajstić information content (AvgIpc) is 2.57. The molecule has 0 aliphatic heterocycles. The molecule has 5 nitrogen and oxygen atoms in total. The van der Waals surface area contributed by atoms with Crippen molar-refractivity contribution < 1.29 is 14.6 Å². The first-order valence-corrected chi connectivity index (χ1v) is 8.90. The number of nitrogens with one attached hydrogen (secondary N) is 1. The summed E-state index contributed by atoms with van der Waals surface area (Å²) in [7, 11) is 1.79. The largest absolute Gasteiger partial charge is 0.494 e. The van der Waals surface area contributed by atoms with Crippen molar-refractivity contribution in [2.45, 2.75) is 52.2 Å². The third kappa shape index (κ3) is 5.13. The van der Waals surface area contributed by atoms with Crippen LogP contribution >= 0.6 is 0 Å². The topological polar surface area (TPSA) is 61.8 Å². The second-order valence-electron chi connectivity index (χ2n) is 6.68. The number of benzene rings is 1. The number of rotatable bonds is 6. The highest BCUT2D eigenvalue weighted by Gasteiger charge is 2.25. The monoisotopic (exact) mass is 334 g/mol. The van der Waals surface area contributed by atoms with Gasteiger partial charge in [0.05, 0.1) is 12.7 Å². The quantitative estimate of drug-likeness (QED) is 0.840. The zero-order valence-electron chi connectivity index (χ0n) is 15.0. The number of aryl methyl sites for hydroxylation is 1. The number of urea groups is 1. The second kappa shape index (κ2) is 8.92. The fourth-order valence-corrected chi connectivity index (χ4v) is 3.29. The molecule has 0 radical (unpaired) electrons. The Morgan fingerprint density at radius 2 is 2.12 bits per heavy atom. The Morgan fingerprint density at radius 3 is 2.79 bits per heavy atom. The summed E-state index contributed by atoms with van der Waals surface area (Å²) >= 11 is 0. The molecule has 1 saturated carbocycles. The van der Waals surface area contributed by atoms with Crippen LogP contribution in [0.1, 0.15) is 43.7 Å². The van der Waals surface area contributed by atoms with Crippen LogP contribution in [0.4, 0.5) is 4.79 Å². The van der Waals surface area contributed by atoms with E-state index in [2.05, 4.69) is 5.32 Å². The number of carbonyl (C=O) groups is 1. The van der Waals surface area contributed by atoms with E-state index in [4.69, 9.17) is 4.74 Å². The average molecular weight is 334 g/mol. The van der Waals surface area contributed by atoms with Gasteiger partial charge in [-0.3, -0.25) is 0 Å². The van der Waals surface area contributed by atoms with Gasteiger partial charge in [0, 0.05) is 26.1 Å². The van der Waals surface area contributed by atoms with Crippen molar-refractivity contribution in [2.24, 2.45) is 5.92 Å². The van der Waals surface area contributed by atoms with E-state index in [1.165, 1.54) is 0 Å². The molecule has 24 heavy (non-hydrogen) atoms. The molecule has 0 saturated heterocycles. The fourth-order valence-electron chi connectivity index (χ4n) is 3.29. The molecule has 0 heterocycles. The van der Waals surface area contributed by atoms with Crippen molar-refractivity contribution in [1.29, 1.82) is 0 Å². The summed E-state index contributed by atoms with van der Waals surface area (Å²) in [6.07, 6.45) is 3.80. The summed E-state index contributed by atoms with van der Waals surface area (Å²) in [5.74, 6) is 1.08. The molecule has 1 fully saturated rings. The van der Waals surface area contributed by atoms with E-state index in [0.717, 1.165) is 42.6 Å². The molecule has 2 unspecified atom stereocenters. The Balaban J connectivity index is 1.82. The minimum absolute atomic E-state index is 0.0979. The van der Waals surface area contributed by atoms with Crippen LogP contribution < -0.4 is 10.1 Å². The van der Waals surface area contributed by atoms with Gasteiger partial charge in [0.1, 0.15) is 5.75 Å². The lowest BCUT2D eigenvalue weighted by Gasteiger charge is -2.31. The molecule has 1 aromatic carbocycles. The maximum absolute atomic E-state index is 12.3. The van der Waals surface area contributed by atoms with Gasteiger partial charge in [-0.05, 0) is 43.9 Å². The number of ether oxygens (including phenoxy) is 1. The van der Waals surface area contributed by atoms with E-state index in [1.54, 1.807) is 11.9 Å². The molecule has 2 atom stereocenters. The zero-order valence-corrected chi connectivity index (χ0v) is 15.0. The summed E-state index contributed by atoms with van der Waals surface area (Å²) in [5.41, 5.74) is 2.12. The number of aliphatic hydroxyl groups is 1. The van der Waals surface area contributed by atoms with E-state index in [1.807, 2.05) is 32.0 Å². The van der Waals surface area contributed by atoms with Gasteiger partial charge in [0.25, 0.3) is 0 Å². The first-order valence-electron chi connectivity index (χ1n) is 8.90. The normalized spacial score (nSPS) is 20.5. The number of amides is 2. The highest BCUT2D eigenvalue weighted by atomic mass is 16.5. The molecule has 2 rings (SSSR count). The SMILES string of the molecule is CCOc1ccc(CNC(=O)N(C)CC2CCCCC2O)cc1C. The first kappa shape index (κ1) is 18.6. The van der Waals surface area contributed by atoms with Gasteiger partial charge in [-0.2, -0.15) is 0 Å². The summed E-state index contributed by atoms with van der Waals surface area (Å²) in [5, 5.41) is 13.0. The summed E-state index contributed by atoms with van der Waals surface area (Å²) in [4.78, 5) is 13.9. The van der Waals surface area contributed by atoms with Crippen LogP contribution in [0.3, 0.4) is 0 Å². The fraction of sp³-hybridized carbons (Fsp3) is 0.632. The van der Waals surface area contributed by atoms with Crippen LogP contribution in [0.25, 0.3) is 0 Å². The van der Waals surface area contributed by atoms with Gasteiger partial charge in [0.15, 0.2) is 0 Å². The van der Waals surface area contributed by atoms with Gasteiger partial charge in [-0.25, -0.2) is 4.79 Å². The number of nitrogens with zero attached hydrogens (tertiary/aromatic N) is 1. The Bertz CT molecular complexity index is 547. The van der Waals surface area contributed by atoms with Crippen molar-refractivity contribution >= 4 is 6.03 Å². The lowest BCUT2D eigenvalue weighted by Crippen LogP contribution is -2.42. The number of carbonyl (C=O) groups excluding carboxylic acids is 1. The highest BCUT2D eigenvalue weighted by molar-refractivity contribution is 5.73. The Kier molecular flexibility index (Phi) is 6.91. The lowest BCUT2D eigenvalue weighted by molar-refractivity contribution is 0.0565. The van der Waals surface area contributed by atoms with Crippen LogP contribution in [0.5, 0.6) is 5.75 Å². The second-order valence-corrected chi connectivity index (χ2v) is 6.68. The lowest BCUT2D eigenvalue weighted by atomic mass is 9.86. The summed E-state index contributed by atoms with van der Waals surface area (Å²) in [6.45, 7) is 5.72. The minimum atomic E-state index is -0.275. The van der Waals surface area contributed by atoms with Gasteiger partial charge in [-0.1, -0.05) is 25.0 Å². The number of hydrogen-bond acceptors (Lipinski definition) is 3. The molecule has 1 aromatic rings. The van der Waals surface area contributed by atoms with E-state index in [-0.39, 0.29) is 18.1 Å². The molecule has 1 aliphatic carbocycles. The molecule has 2 amide bonds. The predicted molar refractivity (Wildman–Crippen MR) is 95.2 cm³/mol. The van der Waals surface area contributed by atoms with Crippen molar-refractivity contribution in [3.63, 3.8) is 0 Å². The maximum atomic E-state index is 12.3. The van der Waals surface area contributed by atoms with Gasteiger partial charge >= 0.3 is 6.03 Å². The van der Waals surface area contributed by atoms with E-state index in [0.29, 0.717) is 19.7 Å². The molecule has 5 heteroatoms. The maximum Gasteiger partial charge on any atom is 0.317 e. The van der Waals surface area contributed by atoms with E-state index in [9.17, 15) is 9.90 Å². The Hall–Kier alpha value is -1.75. The number of aliphatic hydroxyl groups excluding tert-OH is 1. The standard InChI is InChI=1S/C19H30N2O3/c1-4-24-18-10-9-15(11-14(18)2)12-20-19(23)21(3)13-16-7-5-6-8-17(16)22/h9-11,16-17,22H,4-8,12-13H2,1-3H3,(H,20,23). The smallest absolute Gasteiger partial charge is 0.317 e. The molecular weight excluding hydrogens is 304 g/mol. The van der Waals surface area contributed by atoms with Crippen LogP contribution in [0.2, 0.25) is 0 Å². The number of hydrogen-bond donors (Lipinski definition) is 2. The van der Waals surface area contributed by atoms with Crippen LogP contribution in [-0.4, -0.2) is 42.3 Å². The first-order chi connectivity index (χ1) is 11.5. The summed E-state index contributed by atoms with van der Waals surface area (Å²) in [6, 6.07) is 5.86. The predicted octanol–water partition coefficient (Wildman–Crippen LogP) is 3.09. The molecular formula is C19H30N2O3. The molecule has 0 spiro atoms. The highest BCUT2D eigenvalue weighted by Crippen LogP contribution is 2.25. The molecule has 134 valence electrons. The minimum Gasteiger partial charge on any atom is -0.494 e. The van der Waals surface area contributed by atoms with E-state index >= 15 is 0 Å². The molecule has 2 N–H and O–H groups in total. The Morgan fingerprint density at radius 1 is 1.38 bits per heavy atom. The van der Waals surface area contributed by atoms with Crippen molar-refractivity contribution in [1.82, 2.24) is 10.2 Å². The molecule has 0 aromatic heterocycles. The van der Waals surface area contributed by atoms with Crippen LogP contribution in [0, 0.1) is 12.8 Å². The van der Waals surface area contributed by atoms with Crippen molar-refractivity contribution in [3.8, 4) is 5.75 Å². The van der Waals surface area contributed by atoms with Gasteiger partial charge in [-0.15, -0.1) is 0 Å². The zero-order chi connectivity index (χ0) is 17.5. The van der Waals surface area contributed by atoms with Crippen molar-refractivity contribution in [3.05, 3.63) is 29.3 Å². The third-order valence-corrected chi connectivity index (χ3v) is 4.71. The molecule has 0 bridgehead atoms. The van der Waals surface area contributed by atoms with Gasteiger partial charge in [0.2, 0.25) is 0 Å². The summed E-state index contributed by atoms with van der Waals surface area (Å²) < 4.78 is 5.53. The third-order valence-electron chi connectivity index (χ3n) is 4.71.